The molecule has 1 aromatic rings. The molecule has 1 rings (SSSR count). The van der Waals surface area contributed by atoms with Crippen molar-refractivity contribution in [3.8, 4) is 0 Å². The molecule has 0 unspecified atom stereocenters. The van der Waals surface area contributed by atoms with Crippen LogP contribution in [0.4, 0.5) is 0 Å². The summed E-state index contributed by atoms with van der Waals surface area (Å²) in [6.07, 6.45) is 0.250. The molecule has 0 heterocycles. The second kappa shape index (κ2) is 11.5. The molecule has 0 aliphatic carbocycles. The highest BCUT2D eigenvalue weighted by molar-refractivity contribution is 5.85. The molecule has 19 heavy (non-hydrogen) atoms. The summed E-state index contributed by atoms with van der Waals surface area (Å²) in [5.41, 5.74) is 1.23. The Bertz CT molecular complexity index is 298. The van der Waals surface area contributed by atoms with E-state index in [0.717, 1.165) is 13.1 Å². The third-order valence-electron chi connectivity index (χ3n) is 2.47. The second-order valence-corrected chi connectivity index (χ2v) is 4.94. The molecule has 5 heteroatoms. The minimum absolute atomic E-state index is 0. The highest BCUT2D eigenvalue weighted by atomic mass is 35.5. The smallest absolute Gasteiger partial charge is 0.0832 e. The number of benzene rings is 1. The van der Waals surface area contributed by atoms with E-state index in [0.29, 0.717) is 6.61 Å². The van der Waals surface area contributed by atoms with Crippen molar-refractivity contribution in [1.29, 1.82) is 0 Å². The minimum atomic E-state index is 0. The molecule has 0 saturated heterocycles. The Labute approximate surface area is 129 Å². The van der Waals surface area contributed by atoms with Crippen LogP contribution >= 0.6 is 24.8 Å². The quantitative estimate of drug-likeness (QED) is 0.770. The molecule has 0 aliphatic rings. The van der Waals surface area contributed by atoms with Crippen LogP contribution in [0.5, 0.6) is 0 Å². The van der Waals surface area contributed by atoms with Crippen molar-refractivity contribution in [1.82, 2.24) is 9.80 Å². The van der Waals surface area contributed by atoms with Gasteiger partial charge in [0.2, 0.25) is 0 Å². The minimum Gasteiger partial charge on any atom is -0.371 e. The van der Waals surface area contributed by atoms with E-state index in [1.54, 1.807) is 0 Å². The largest absolute Gasteiger partial charge is 0.371 e. The van der Waals surface area contributed by atoms with Gasteiger partial charge in [0, 0.05) is 13.1 Å². The molecule has 0 saturated carbocycles. The summed E-state index contributed by atoms with van der Waals surface area (Å²) < 4.78 is 5.97. The number of hydrogen-bond acceptors (Lipinski definition) is 3. The Balaban J connectivity index is 0. The van der Waals surface area contributed by atoms with Gasteiger partial charge in [0.25, 0.3) is 0 Å². The third-order valence-corrected chi connectivity index (χ3v) is 2.47. The summed E-state index contributed by atoms with van der Waals surface area (Å²) in [6.45, 7) is 2.59. The predicted molar refractivity (Wildman–Crippen MR) is 86.6 cm³/mol. The molecule has 0 aliphatic heterocycles. The van der Waals surface area contributed by atoms with Crippen molar-refractivity contribution in [2.75, 3.05) is 41.3 Å². The van der Waals surface area contributed by atoms with Gasteiger partial charge in [0.1, 0.15) is 0 Å². The lowest BCUT2D eigenvalue weighted by atomic mass is 10.2. The number of nitrogens with zero attached hydrogens (tertiary/aromatic N) is 2. The van der Waals surface area contributed by atoms with Crippen LogP contribution in [0.15, 0.2) is 30.3 Å². The molecule has 3 nitrogen and oxygen atoms in total. The average Bonchev–Trinajstić information content (AvgIpc) is 2.26. The first-order valence-corrected chi connectivity index (χ1v) is 6.03. The molecule has 0 spiro atoms. The standard InChI is InChI=1S/C14H24N2O.2ClH/c1-15(2)10-14(11-16(3)4)17-12-13-8-6-5-7-9-13;;/h5-9,14H,10-12H2,1-4H3;2*1H. The summed E-state index contributed by atoms with van der Waals surface area (Å²) in [7, 11) is 8.31. The van der Waals surface area contributed by atoms with Crippen LogP contribution in [-0.4, -0.2) is 57.2 Å². The maximum Gasteiger partial charge on any atom is 0.0832 e. The summed E-state index contributed by atoms with van der Waals surface area (Å²) in [6, 6.07) is 10.3. The van der Waals surface area contributed by atoms with E-state index in [1.807, 2.05) is 18.2 Å². The zero-order chi connectivity index (χ0) is 12.7. The fourth-order valence-corrected chi connectivity index (χ4v) is 1.77. The summed E-state index contributed by atoms with van der Waals surface area (Å²) in [5, 5.41) is 0. The molecule has 0 amide bonds. The Hall–Kier alpha value is -0.320. The zero-order valence-corrected chi connectivity index (χ0v) is 13.8. The predicted octanol–water partition coefficient (Wildman–Crippen LogP) is 2.54. The summed E-state index contributed by atoms with van der Waals surface area (Å²) >= 11 is 0. The highest BCUT2D eigenvalue weighted by Gasteiger charge is 2.11. The molecule has 0 N–H and O–H groups in total. The maximum absolute atomic E-state index is 5.97. The summed E-state index contributed by atoms with van der Waals surface area (Å²) in [4.78, 5) is 4.33. The highest BCUT2D eigenvalue weighted by Crippen LogP contribution is 2.05. The molecule has 0 aromatic heterocycles. The lowest BCUT2D eigenvalue weighted by molar-refractivity contribution is 0.00953. The van der Waals surface area contributed by atoms with E-state index in [9.17, 15) is 0 Å². The van der Waals surface area contributed by atoms with Crippen molar-refractivity contribution in [3.05, 3.63) is 35.9 Å². The fourth-order valence-electron chi connectivity index (χ4n) is 1.77. The Morgan fingerprint density at radius 1 is 0.895 bits per heavy atom. The SMILES string of the molecule is CN(C)CC(CN(C)C)OCc1ccccc1.Cl.Cl. The first-order chi connectivity index (χ1) is 8.08. The van der Waals surface area contributed by atoms with Gasteiger partial charge in [-0.15, -0.1) is 24.8 Å². The normalized spacial score (nSPS) is 10.5. The van der Waals surface area contributed by atoms with Gasteiger partial charge >= 0.3 is 0 Å². The fraction of sp³-hybridized carbons (Fsp3) is 0.571. The number of ether oxygens (including phenoxy) is 1. The number of hydrogen-bond donors (Lipinski definition) is 0. The van der Waals surface area contributed by atoms with Gasteiger partial charge in [-0.2, -0.15) is 0 Å². The maximum atomic E-state index is 5.97. The van der Waals surface area contributed by atoms with Crippen LogP contribution in [0.3, 0.4) is 0 Å². The molecular formula is C14H26Cl2N2O. The Morgan fingerprint density at radius 2 is 1.37 bits per heavy atom. The first-order valence-electron chi connectivity index (χ1n) is 6.03. The molecule has 0 atom stereocenters. The van der Waals surface area contributed by atoms with Crippen molar-refractivity contribution >= 4 is 24.8 Å². The summed E-state index contributed by atoms with van der Waals surface area (Å²) in [5.74, 6) is 0. The van der Waals surface area contributed by atoms with Crippen molar-refractivity contribution in [2.45, 2.75) is 12.7 Å². The average molecular weight is 309 g/mol. The van der Waals surface area contributed by atoms with Gasteiger partial charge in [0.15, 0.2) is 0 Å². The van der Waals surface area contributed by atoms with Crippen molar-refractivity contribution in [3.63, 3.8) is 0 Å². The van der Waals surface area contributed by atoms with E-state index in [2.05, 4.69) is 50.1 Å². The van der Waals surface area contributed by atoms with E-state index in [4.69, 9.17) is 4.74 Å². The monoisotopic (exact) mass is 308 g/mol. The van der Waals surface area contributed by atoms with Gasteiger partial charge in [-0.05, 0) is 33.8 Å². The van der Waals surface area contributed by atoms with Gasteiger partial charge in [-0.3, -0.25) is 0 Å². The lowest BCUT2D eigenvalue weighted by Gasteiger charge is -2.24. The molecule has 0 radical (unpaired) electrons. The Morgan fingerprint density at radius 3 is 1.79 bits per heavy atom. The van der Waals surface area contributed by atoms with Gasteiger partial charge in [-0.1, -0.05) is 30.3 Å². The zero-order valence-electron chi connectivity index (χ0n) is 12.2. The van der Waals surface area contributed by atoms with Gasteiger partial charge in [0.05, 0.1) is 12.7 Å². The molecule has 112 valence electrons. The van der Waals surface area contributed by atoms with Crippen LogP contribution in [0.2, 0.25) is 0 Å². The van der Waals surface area contributed by atoms with E-state index in [-0.39, 0.29) is 30.9 Å². The lowest BCUT2D eigenvalue weighted by Crippen LogP contribution is -2.36. The van der Waals surface area contributed by atoms with Crippen molar-refractivity contribution in [2.24, 2.45) is 0 Å². The number of rotatable bonds is 7. The van der Waals surface area contributed by atoms with Crippen LogP contribution < -0.4 is 0 Å². The van der Waals surface area contributed by atoms with E-state index < -0.39 is 0 Å². The van der Waals surface area contributed by atoms with Crippen LogP contribution in [0.1, 0.15) is 5.56 Å². The van der Waals surface area contributed by atoms with Crippen LogP contribution in [0, 0.1) is 0 Å². The van der Waals surface area contributed by atoms with Crippen LogP contribution in [0.25, 0.3) is 0 Å². The second-order valence-electron chi connectivity index (χ2n) is 4.94. The number of halogens is 2. The van der Waals surface area contributed by atoms with Gasteiger partial charge < -0.3 is 14.5 Å². The van der Waals surface area contributed by atoms with E-state index >= 15 is 0 Å². The Kier molecular flexibility index (Phi) is 12.7. The molecular weight excluding hydrogens is 283 g/mol. The first kappa shape index (κ1) is 21.0. The molecule has 0 fully saturated rings. The van der Waals surface area contributed by atoms with Crippen LogP contribution in [-0.2, 0) is 11.3 Å². The topological polar surface area (TPSA) is 15.7 Å². The molecule has 1 aromatic carbocycles. The third kappa shape index (κ3) is 10.2. The van der Waals surface area contributed by atoms with Gasteiger partial charge in [-0.25, -0.2) is 0 Å². The van der Waals surface area contributed by atoms with E-state index in [1.165, 1.54) is 5.56 Å². The van der Waals surface area contributed by atoms with Crippen molar-refractivity contribution < 1.29 is 4.74 Å². The number of likely N-dealkylation sites (N-methyl/N-ethyl adjacent to an activating group) is 2. The molecule has 0 bridgehead atoms.